The first-order chi connectivity index (χ1) is 15.0. The van der Waals surface area contributed by atoms with Crippen molar-refractivity contribution in [3.8, 4) is 0 Å². The van der Waals surface area contributed by atoms with Gasteiger partial charge < -0.3 is 9.67 Å². The summed E-state index contributed by atoms with van der Waals surface area (Å²) in [5, 5.41) is 12.7. The highest BCUT2D eigenvalue weighted by Gasteiger charge is 2.38. The van der Waals surface area contributed by atoms with Crippen LogP contribution in [-0.4, -0.2) is 27.5 Å². The van der Waals surface area contributed by atoms with Gasteiger partial charge in [-0.25, -0.2) is 9.69 Å². The summed E-state index contributed by atoms with van der Waals surface area (Å²) in [6, 6.07) is 16.1. The molecule has 8 heteroatoms. The Bertz CT molecular complexity index is 1370. The molecule has 0 spiro atoms. The molecule has 2 amide bonds. The van der Waals surface area contributed by atoms with Gasteiger partial charge in [-0.05, 0) is 40.8 Å². The van der Waals surface area contributed by atoms with Crippen LogP contribution in [0.15, 0.2) is 60.0 Å². The summed E-state index contributed by atoms with van der Waals surface area (Å²) in [7, 11) is 0. The number of carboxylic acid groups (broad SMARTS) is 1. The van der Waals surface area contributed by atoms with Crippen molar-refractivity contribution in [2.75, 3.05) is 4.90 Å². The quantitative estimate of drug-likeness (QED) is 0.451. The molecule has 3 heterocycles. The number of carbonyl (C=O) groups excluding carboxylic acids is 2. The van der Waals surface area contributed by atoms with Gasteiger partial charge in [0.2, 0.25) is 5.91 Å². The predicted octanol–water partition coefficient (Wildman–Crippen LogP) is 4.83. The molecule has 5 rings (SSSR count). The van der Waals surface area contributed by atoms with E-state index in [1.807, 2.05) is 30.3 Å². The maximum absolute atomic E-state index is 13.2. The number of hydrogen-bond acceptors (Lipinski definition) is 4. The van der Waals surface area contributed by atoms with Gasteiger partial charge in [-0.3, -0.25) is 9.59 Å². The van der Waals surface area contributed by atoms with E-state index >= 15 is 0 Å². The zero-order valence-electron chi connectivity index (χ0n) is 16.0. The Hall–Kier alpha value is -3.42. The van der Waals surface area contributed by atoms with Gasteiger partial charge in [0, 0.05) is 17.0 Å². The van der Waals surface area contributed by atoms with E-state index in [0.29, 0.717) is 26.4 Å². The minimum Gasteiger partial charge on any atom is -0.477 e. The van der Waals surface area contributed by atoms with Crippen LogP contribution in [0.1, 0.15) is 31.3 Å². The molecule has 0 saturated heterocycles. The molecule has 0 atom stereocenters. The molecular formula is C23H15ClN2O4S. The number of halogens is 1. The van der Waals surface area contributed by atoms with Gasteiger partial charge in [-0.15, -0.1) is 11.3 Å². The molecule has 1 aliphatic rings. The number of carbonyl (C=O) groups is 3. The fourth-order valence-corrected chi connectivity index (χ4v) is 5.05. The zero-order valence-corrected chi connectivity index (χ0v) is 17.6. The van der Waals surface area contributed by atoms with Gasteiger partial charge in [0.25, 0.3) is 5.91 Å². The van der Waals surface area contributed by atoms with Gasteiger partial charge >= 0.3 is 5.97 Å². The average molecular weight is 451 g/mol. The van der Waals surface area contributed by atoms with Crippen LogP contribution in [0, 0.1) is 0 Å². The highest BCUT2D eigenvalue weighted by Crippen LogP contribution is 2.39. The number of amides is 2. The molecule has 0 radical (unpaired) electrons. The molecule has 2 aromatic carbocycles. The van der Waals surface area contributed by atoms with Gasteiger partial charge in [0.1, 0.15) is 0 Å². The number of thiophene rings is 1. The van der Waals surface area contributed by atoms with E-state index in [1.165, 1.54) is 11.3 Å². The number of hydrogen-bond donors (Lipinski definition) is 1. The number of rotatable bonds is 4. The molecule has 4 aromatic rings. The number of anilines is 1. The standard InChI is InChI=1S/C23H15ClN2O4S/c24-15-6-7-17-16(11-15)19(26-18(27)10-14-8-9-31-21(14)22(26)28)20(23(29)30)25(17)12-13-4-2-1-3-5-13/h1-9,11H,10,12H2,(H,29,30). The summed E-state index contributed by atoms with van der Waals surface area (Å²) in [5.41, 5.74) is 2.08. The van der Waals surface area contributed by atoms with Gasteiger partial charge in [-0.2, -0.15) is 0 Å². The van der Waals surface area contributed by atoms with Crippen LogP contribution in [0.4, 0.5) is 5.69 Å². The molecule has 0 fully saturated rings. The maximum Gasteiger partial charge on any atom is 0.354 e. The number of carboxylic acids is 1. The van der Waals surface area contributed by atoms with Gasteiger partial charge in [-0.1, -0.05) is 41.9 Å². The molecule has 31 heavy (non-hydrogen) atoms. The lowest BCUT2D eigenvalue weighted by atomic mass is 10.1. The Morgan fingerprint density at radius 2 is 1.87 bits per heavy atom. The third-order valence-electron chi connectivity index (χ3n) is 5.34. The van der Waals surface area contributed by atoms with Crippen LogP contribution >= 0.6 is 22.9 Å². The van der Waals surface area contributed by atoms with E-state index in [2.05, 4.69) is 0 Å². The fraction of sp³-hybridized carbons (Fsp3) is 0.0870. The lowest BCUT2D eigenvalue weighted by Crippen LogP contribution is -2.42. The first-order valence-corrected chi connectivity index (χ1v) is 10.7. The lowest BCUT2D eigenvalue weighted by molar-refractivity contribution is -0.117. The van der Waals surface area contributed by atoms with E-state index < -0.39 is 17.8 Å². The van der Waals surface area contributed by atoms with E-state index in [9.17, 15) is 19.5 Å². The van der Waals surface area contributed by atoms with Crippen LogP contribution in [-0.2, 0) is 17.8 Å². The summed E-state index contributed by atoms with van der Waals surface area (Å²) in [5.74, 6) is -2.20. The first kappa shape index (κ1) is 19.5. The van der Waals surface area contributed by atoms with E-state index in [-0.39, 0.29) is 24.3 Å². The van der Waals surface area contributed by atoms with Crippen LogP contribution in [0.2, 0.25) is 5.02 Å². The minimum atomic E-state index is -1.23. The van der Waals surface area contributed by atoms with Crippen molar-refractivity contribution < 1.29 is 19.5 Å². The normalized spacial score (nSPS) is 13.6. The second-order valence-corrected chi connectivity index (χ2v) is 8.57. The molecule has 0 bridgehead atoms. The zero-order chi connectivity index (χ0) is 21.7. The Labute approximate surface area is 185 Å². The lowest BCUT2D eigenvalue weighted by Gasteiger charge is -2.25. The van der Waals surface area contributed by atoms with Crippen LogP contribution in [0.3, 0.4) is 0 Å². The predicted molar refractivity (Wildman–Crippen MR) is 119 cm³/mol. The summed E-state index contributed by atoms with van der Waals surface area (Å²) in [4.78, 5) is 40.1. The smallest absolute Gasteiger partial charge is 0.354 e. The maximum atomic E-state index is 13.2. The number of aromatic carboxylic acids is 1. The third kappa shape index (κ3) is 3.13. The molecule has 0 unspecified atom stereocenters. The Balaban J connectivity index is 1.79. The Kier molecular flexibility index (Phi) is 4.64. The summed E-state index contributed by atoms with van der Waals surface area (Å²) in [6.45, 7) is 0.265. The largest absolute Gasteiger partial charge is 0.477 e. The molecule has 2 aromatic heterocycles. The number of imide groups is 1. The average Bonchev–Trinajstić information content (AvgIpc) is 3.32. The molecule has 1 N–H and O–H groups in total. The Morgan fingerprint density at radius 3 is 2.61 bits per heavy atom. The third-order valence-corrected chi connectivity index (χ3v) is 6.52. The second-order valence-electron chi connectivity index (χ2n) is 7.22. The van der Waals surface area contributed by atoms with Crippen molar-refractivity contribution >= 4 is 57.3 Å². The highest BCUT2D eigenvalue weighted by atomic mass is 35.5. The topological polar surface area (TPSA) is 79.6 Å². The molecular weight excluding hydrogens is 436 g/mol. The second kappa shape index (κ2) is 7.37. The molecule has 0 aliphatic carbocycles. The number of nitrogens with zero attached hydrogens (tertiary/aromatic N) is 2. The summed E-state index contributed by atoms with van der Waals surface area (Å²) >= 11 is 7.47. The summed E-state index contributed by atoms with van der Waals surface area (Å²) in [6.07, 6.45) is 0.0373. The van der Waals surface area contributed by atoms with E-state index in [1.54, 1.807) is 34.2 Å². The van der Waals surface area contributed by atoms with E-state index in [0.717, 1.165) is 10.5 Å². The molecule has 6 nitrogen and oxygen atoms in total. The van der Waals surface area contributed by atoms with Crippen LogP contribution < -0.4 is 4.90 Å². The molecule has 154 valence electrons. The monoisotopic (exact) mass is 450 g/mol. The molecule has 0 saturated carbocycles. The van der Waals surface area contributed by atoms with Crippen molar-refractivity contribution in [2.24, 2.45) is 0 Å². The van der Waals surface area contributed by atoms with Crippen LogP contribution in [0.25, 0.3) is 10.9 Å². The molecule has 1 aliphatic heterocycles. The number of benzene rings is 2. The van der Waals surface area contributed by atoms with Crippen molar-refractivity contribution in [1.82, 2.24) is 4.57 Å². The van der Waals surface area contributed by atoms with Crippen molar-refractivity contribution in [2.45, 2.75) is 13.0 Å². The van der Waals surface area contributed by atoms with Gasteiger partial charge in [0.15, 0.2) is 5.69 Å². The minimum absolute atomic E-state index is 0.0373. The summed E-state index contributed by atoms with van der Waals surface area (Å²) < 4.78 is 1.61. The van der Waals surface area contributed by atoms with Crippen molar-refractivity contribution in [3.05, 3.63) is 86.7 Å². The van der Waals surface area contributed by atoms with Gasteiger partial charge in [0.05, 0.1) is 22.5 Å². The number of fused-ring (bicyclic) bond motifs is 2. The SMILES string of the molecule is O=C(O)c1c(N2C(=O)Cc3ccsc3C2=O)c2cc(Cl)ccc2n1Cc1ccccc1. The first-order valence-electron chi connectivity index (χ1n) is 9.48. The fourth-order valence-electron chi connectivity index (χ4n) is 4.03. The Morgan fingerprint density at radius 1 is 1.10 bits per heavy atom. The number of aromatic nitrogens is 1. The highest BCUT2D eigenvalue weighted by molar-refractivity contribution is 7.12. The van der Waals surface area contributed by atoms with E-state index in [4.69, 9.17) is 11.6 Å². The van der Waals surface area contributed by atoms with Crippen molar-refractivity contribution in [3.63, 3.8) is 0 Å². The van der Waals surface area contributed by atoms with Crippen molar-refractivity contribution in [1.29, 1.82) is 0 Å². The van der Waals surface area contributed by atoms with Crippen LogP contribution in [0.5, 0.6) is 0 Å².